The monoisotopic (exact) mass is 527 g/mol. The fraction of sp³-hybridized carbons (Fsp3) is 1.00. The van der Waals surface area contributed by atoms with E-state index in [1.165, 1.54) is 57.8 Å². The van der Waals surface area contributed by atoms with Gasteiger partial charge in [-0.25, -0.2) is 0 Å². The van der Waals surface area contributed by atoms with E-state index in [9.17, 15) is 0 Å². The van der Waals surface area contributed by atoms with E-state index in [1.807, 2.05) is 0 Å². The molecule has 0 unspecified atom stereocenters. The molecule has 4 rings (SSSR count). The van der Waals surface area contributed by atoms with Crippen LogP contribution < -0.4 is 0 Å². The molecule has 0 aromatic carbocycles. The van der Waals surface area contributed by atoms with Gasteiger partial charge in [0.15, 0.2) is 0 Å². The van der Waals surface area contributed by atoms with Crippen molar-refractivity contribution in [2.45, 2.75) is 200 Å². The second-order valence-corrected chi connectivity index (χ2v) is 15.6. The van der Waals surface area contributed by atoms with Gasteiger partial charge in [-0.15, -0.1) is 0 Å². The van der Waals surface area contributed by atoms with Crippen molar-refractivity contribution in [3.8, 4) is 0 Å². The molecule has 0 amide bonds. The van der Waals surface area contributed by atoms with Crippen LogP contribution in [0.2, 0.25) is 0 Å². The van der Waals surface area contributed by atoms with Gasteiger partial charge in [-0.3, -0.25) is 0 Å². The molecule has 0 radical (unpaired) electrons. The fourth-order valence-corrected chi connectivity index (χ4v) is 10.2. The Morgan fingerprint density at radius 3 is 1.45 bits per heavy atom. The number of rotatable bonds is 15. The summed E-state index contributed by atoms with van der Waals surface area (Å²) < 4.78 is 0. The Labute approximate surface area is 240 Å². The van der Waals surface area contributed by atoms with Crippen molar-refractivity contribution < 1.29 is 0 Å². The zero-order valence-corrected chi connectivity index (χ0v) is 26.5. The maximum absolute atomic E-state index is 2.35. The summed E-state index contributed by atoms with van der Waals surface area (Å²) in [4.78, 5) is 0. The van der Waals surface area contributed by atoms with Gasteiger partial charge in [0, 0.05) is 0 Å². The molecule has 0 N–H and O–H groups in total. The summed E-state index contributed by atoms with van der Waals surface area (Å²) in [5.41, 5.74) is 0.756. The van der Waals surface area contributed by atoms with Crippen LogP contribution in [0.25, 0.3) is 0 Å². The Balaban J connectivity index is 1.20. The van der Waals surface area contributed by atoms with Crippen molar-refractivity contribution in [2.75, 3.05) is 0 Å². The summed E-state index contributed by atoms with van der Waals surface area (Å²) in [5, 5.41) is 0. The van der Waals surface area contributed by atoms with Crippen molar-refractivity contribution >= 4 is 0 Å². The second-order valence-electron chi connectivity index (χ2n) is 15.6. The summed E-state index contributed by atoms with van der Waals surface area (Å²) in [6.07, 6.45) is 44.8. The van der Waals surface area contributed by atoms with Crippen molar-refractivity contribution in [3.63, 3.8) is 0 Å². The third-order valence-corrected chi connectivity index (χ3v) is 12.8. The number of hydrogen-bond acceptors (Lipinski definition) is 0. The van der Waals surface area contributed by atoms with Gasteiger partial charge in [0.25, 0.3) is 0 Å². The van der Waals surface area contributed by atoms with Crippen LogP contribution in [0.4, 0.5) is 0 Å². The zero-order chi connectivity index (χ0) is 26.5. The first kappa shape index (κ1) is 30.9. The average molecular weight is 527 g/mol. The fourth-order valence-electron chi connectivity index (χ4n) is 10.2. The molecule has 0 aromatic rings. The third kappa shape index (κ3) is 9.82. The topological polar surface area (TPSA) is 0 Å². The summed E-state index contributed by atoms with van der Waals surface area (Å²) in [6, 6.07) is 0. The van der Waals surface area contributed by atoms with Crippen molar-refractivity contribution in [1.82, 2.24) is 0 Å². The third-order valence-electron chi connectivity index (χ3n) is 12.8. The van der Waals surface area contributed by atoms with E-state index < -0.39 is 0 Å². The Kier molecular flexibility index (Phi) is 13.9. The first-order valence-corrected chi connectivity index (χ1v) is 18.7. The largest absolute Gasteiger partial charge is 0.0654 e. The molecule has 0 atom stereocenters. The van der Waals surface area contributed by atoms with Crippen LogP contribution >= 0.6 is 0 Å². The molecule has 0 heteroatoms. The molecule has 0 heterocycles. The predicted octanol–water partition coefficient (Wildman–Crippen LogP) is 13.1. The van der Waals surface area contributed by atoms with Gasteiger partial charge in [-0.1, -0.05) is 149 Å². The normalized spacial score (nSPS) is 35.4. The van der Waals surface area contributed by atoms with Gasteiger partial charge < -0.3 is 0 Å². The lowest BCUT2D eigenvalue weighted by atomic mass is 9.55. The lowest BCUT2D eigenvalue weighted by molar-refractivity contribution is 0.0102. The molecule has 4 aliphatic rings. The van der Waals surface area contributed by atoms with Crippen molar-refractivity contribution in [1.29, 1.82) is 0 Å². The van der Waals surface area contributed by atoms with Crippen LogP contribution in [0.5, 0.6) is 0 Å². The highest BCUT2D eigenvalue weighted by molar-refractivity contribution is 4.95. The molecule has 0 aliphatic heterocycles. The number of hydrogen-bond donors (Lipinski definition) is 0. The maximum Gasteiger partial charge on any atom is -0.0266 e. The van der Waals surface area contributed by atoms with Crippen LogP contribution in [-0.4, -0.2) is 0 Å². The van der Waals surface area contributed by atoms with Crippen LogP contribution in [0.3, 0.4) is 0 Å². The van der Waals surface area contributed by atoms with E-state index in [0.717, 1.165) is 40.9 Å². The molecule has 222 valence electrons. The minimum atomic E-state index is 0.756. The van der Waals surface area contributed by atoms with E-state index >= 15 is 0 Å². The van der Waals surface area contributed by atoms with Gasteiger partial charge in [-0.05, 0) is 92.3 Å². The van der Waals surface area contributed by atoms with Crippen LogP contribution in [-0.2, 0) is 0 Å². The van der Waals surface area contributed by atoms with E-state index in [2.05, 4.69) is 13.8 Å². The van der Waals surface area contributed by atoms with Gasteiger partial charge in [0.1, 0.15) is 0 Å². The molecule has 4 saturated carbocycles. The first-order chi connectivity index (χ1) is 18.7. The van der Waals surface area contributed by atoms with E-state index in [4.69, 9.17) is 0 Å². The molecule has 0 saturated heterocycles. The number of unbranched alkanes of at least 4 members (excludes halogenated alkanes) is 6. The van der Waals surface area contributed by atoms with Crippen LogP contribution in [0.1, 0.15) is 200 Å². The Morgan fingerprint density at radius 2 is 0.921 bits per heavy atom. The Morgan fingerprint density at radius 1 is 0.447 bits per heavy atom. The highest BCUT2D eigenvalue weighted by Crippen LogP contribution is 2.55. The zero-order valence-electron chi connectivity index (χ0n) is 26.5. The quantitative estimate of drug-likeness (QED) is 0.186. The molecule has 0 spiro atoms. The average Bonchev–Trinajstić information content (AvgIpc) is 2.97. The molecule has 0 nitrogen and oxygen atoms in total. The molecular weight excluding hydrogens is 456 g/mol. The summed E-state index contributed by atoms with van der Waals surface area (Å²) in [6.45, 7) is 4.69. The second kappa shape index (κ2) is 17.1. The van der Waals surface area contributed by atoms with Crippen LogP contribution in [0.15, 0.2) is 0 Å². The van der Waals surface area contributed by atoms with E-state index in [0.29, 0.717) is 0 Å². The Bertz CT molecular complexity index is 575. The van der Waals surface area contributed by atoms with E-state index in [1.54, 1.807) is 128 Å². The molecule has 4 aliphatic carbocycles. The minimum Gasteiger partial charge on any atom is -0.0654 e. The summed E-state index contributed by atoms with van der Waals surface area (Å²) in [5.74, 6) is 6.49. The SMILES string of the molecule is CCCCCCC1CCC(CC2CCC(CC3CCC(CCCCCC)CC3)(C3CCCCC3)CC2)CC1. The highest BCUT2D eigenvalue weighted by Gasteiger charge is 2.44. The molecule has 38 heavy (non-hydrogen) atoms. The van der Waals surface area contributed by atoms with Crippen LogP contribution in [0, 0.1) is 40.9 Å². The molecule has 0 bridgehead atoms. The molecule has 4 fully saturated rings. The van der Waals surface area contributed by atoms with Gasteiger partial charge in [0.05, 0.1) is 0 Å². The Hall–Kier alpha value is 0. The van der Waals surface area contributed by atoms with E-state index in [-0.39, 0.29) is 0 Å². The van der Waals surface area contributed by atoms with Crippen molar-refractivity contribution in [2.24, 2.45) is 40.9 Å². The lowest BCUT2D eigenvalue weighted by Crippen LogP contribution is -2.39. The predicted molar refractivity (Wildman–Crippen MR) is 169 cm³/mol. The standard InChI is InChI=1S/C38H70/c1-3-5-7-10-14-32-18-22-34(23-19-32)30-35-26-28-38(29-27-35,37-16-12-9-13-17-37)31-36-24-20-33(21-25-36)15-11-8-6-4-2/h32-37H,3-31H2,1-2H3. The van der Waals surface area contributed by atoms with Gasteiger partial charge >= 0.3 is 0 Å². The molecule has 0 aromatic heterocycles. The van der Waals surface area contributed by atoms with Crippen molar-refractivity contribution in [3.05, 3.63) is 0 Å². The smallest absolute Gasteiger partial charge is 0.0266 e. The summed E-state index contributed by atoms with van der Waals surface area (Å²) >= 11 is 0. The first-order valence-electron chi connectivity index (χ1n) is 18.7. The highest BCUT2D eigenvalue weighted by atomic mass is 14.5. The lowest BCUT2D eigenvalue weighted by Gasteiger charge is -2.50. The maximum atomic E-state index is 2.35. The van der Waals surface area contributed by atoms with Gasteiger partial charge in [-0.2, -0.15) is 0 Å². The van der Waals surface area contributed by atoms with Gasteiger partial charge in [0.2, 0.25) is 0 Å². The molecular formula is C38H70. The summed E-state index contributed by atoms with van der Waals surface area (Å²) in [7, 11) is 0. The minimum absolute atomic E-state index is 0.756.